The molecule has 20 heavy (non-hydrogen) atoms. The number of nitrogens with one attached hydrogen (secondary N) is 2. The molecule has 4 nitrogen and oxygen atoms in total. The van der Waals surface area contributed by atoms with Crippen LogP contribution >= 0.6 is 11.6 Å². The van der Waals surface area contributed by atoms with E-state index in [1.165, 1.54) is 18.3 Å². The number of nitrogens with zero attached hydrogens (tertiary/aromatic N) is 1. The summed E-state index contributed by atoms with van der Waals surface area (Å²) in [5.41, 5.74) is 1.49. The third kappa shape index (κ3) is 2.35. The van der Waals surface area contributed by atoms with E-state index in [9.17, 15) is 9.18 Å². The van der Waals surface area contributed by atoms with Gasteiger partial charge in [-0.05, 0) is 30.3 Å². The first-order chi connectivity index (χ1) is 9.63. The molecule has 2 aromatic heterocycles. The number of aromatic nitrogens is 2. The highest BCUT2D eigenvalue weighted by molar-refractivity contribution is 6.34. The van der Waals surface area contributed by atoms with Crippen LogP contribution in [0.4, 0.5) is 10.1 Å². The third-order valence-electron chi connectivity index (χ3n) is 2.83. The van der Waals surface area contributed by atoms with E-state index >= 15 is 0 Å². The van der Waals surface area contributed by atoms with Gasteiger partial charge in [-0.2, -0.15) is 0 Å². The number of hydrogen-bond donors (Lipinski definition) is 2. The first-order valence-electron chi connectivity index (χ1n) is 5.83. The van der Waals surface area contributed by atoms with Gasteiger partial charge in [0.2, 0.25) is 0 Å². The lowest BCUT2D eigenvalue weighted by Gasteiger charge is -2.06. The number of carbonyl (C=O) groups excluding carboxylic acids is 1. The Morgan fingerprint density at radius 2 is 2.15 bits per heavy atom. The highest BCUT2D eigenvalue weighted by atomic mass is 35.5. The lowest BCUT2D eigenvalue weighted by Crippen LogP contribution is -2.12. The number of aromatic amines is 1. The van der Waals surface area contributed by atoms with E-state index in [-0.39, 0.29) is 10.6 Å². The van der Waals surface area contributed by atoms with E-state index in [0.29, 0.717) is 5.69 Å². The summed E-state index contributed by atoms with van der Waals surface area (Å²) in [7, 11) is 0. The Balaban J connectivity index is 1.87. The number of pyridine rings is 1. The van der Waals surface area contributed by atoms with Crippen LogP contribution in [0.25, 0.3) is 11.0 Å². The van der Waals surface area contributed by atoms with Crippen LogP contribution in [0.15, 0.2) is 42.7 Å². The van der Waals surface area contributed by atoms with Gasteiger partial charge < -0.3 is 10.3 Å². The summed E-state index contributed by atoms with van der Waals surface area (Å²) >= 11 is 5.85. The third-order valence-corrected chi connectivity index (χ3v) is 3.15. The molecule has 0 aliphatic carbocycles. The second-order valence-corrected chi connectivity index (χ2v) is 4.62. The predicted molar refractivity (Wildman–Crippen MR) is 75.5 cm³/mol. The van der Waals surface area contributed by atoms with Gasteiger partial charge in [0.05, 0.1) is 22.5 Å². The van der Waals surface area contributed by atoms with Crippen molar-refractivity contribution in [3.63, 3.8) is 0 Å². The van der Waals surface area contributed by atoms with E-state index in [2.05, 4.69) is 15.3 Å². The molecular formula is C14H9ClFN3O. The maximum absolute atomic E-state index is 12.9. The summed E-state index contributed by atoms with van der Waals surface area (Å²) in [5, 5.41) is 3.63. The first kappa shape index (κ1) is 12.6. The standard InChI is InChI=1S/C14H9ClFN3O/c15-12-6-9(16)1-2-11(12)14(20)19-10-5-8-3-4-17-13(8)18-7-10/h1-7H,(H,17,18)(H,19,20). The number of carbonyl (C=O) groups is 1. The lowest BCUT2D eigenvalue weighted by molar-refractivity contribution is 0.102. The van der Waals surface area contributed by atoms with Crippen LogP contribution in [-0.4, -0.2) is 15.9 Å². The zero-order valence-corrected chi connectivity index (χ0v) is 10.9. The summed E-state index contributed by atoms with van der Waals surface area (Å²) in [4.78, 5) is 19.2. The molecular weight excluding hydrogens is 281 g/mol. The van der Waals surface area contributed by atoms with Crippen LogP contribution < -0.4 is 5.32 Å². The SMILES string of the molecule is O=C(Nc1cnc2[nH]ccc2c1)c1ccc(F)cc1Cl. The predicted octanol–water partition coefficient (Wildman–Crippen LogP) is 3.61. The highest BCUT2D eigenvalue weighted by Crippen LogP contribution is 2.20. The molecule has 0 atom stereocenters. The molecule has 0 bridgehead atoms. The highest BCUT2D eigenvalue weighted by Gasteiger charge is 2.11. The van der Waals surface area contributed by atoms with Crippen molar-refractivity contribution in [3.8, 4) is 0 Å². The van der Waals surface area contributed by atoms with Crippen molar-refractivity contribution in [1.82, 2.24) is 9.97 Å². The van der Waals surface area contributed by atoms with Crippen LogP contribution in [0.5, 0.6) is 0 Å². The van der Waals surface area contributed by atoms with E-state index in [1.54, 1.807) is 12.3 Å². The van der Waals surface area contributed by atoms with Gasteiger partial charge in [-0.3, -0.25) is 4.79 Å². The van der Waals surface area contributed by atoms with Gasteiger partial charge >= 0.3 is 0 Å². The number of hydrogen-bond acceptors (Lipinski definition) is 2. The van der Waals surface area contributed by atoms with Gasteiger partial charge in [0.25, 0.3) is 5.91 Å². The molecule has 100 valence electrons. The summed E-state index contributed by atoms with van der Waals surface area (Å²) in [5.74, 6) is -0.895. The minimum Gasteiger partial charge on any atom is -0.346 e. The normalized spacial score (nSPS) is 10.7. The molecule has 0 fully saturated rings. The Morgan fingerprint density at radius 3 is 2.95 bits per heavy atom. The summed E-state index contributed by atoms with van der Waals surface area (Å²) in [6, 6.07) is 7.27. The number of anilines is 1. The van der Waals surface area contributed by atoms with Crippen LogP contribution in [0.1, 0.15) is 10.4 Å². The smallest absolute Gasteiger partial charge is 0.257 e. The van der Waals surface area contributed by atoms with Crippen LogP contribution in [0, 0.1) is 5.82 Å². The molecule has 0 radical (unpaired) electrons. The van der Waals surface area contributed by atoms with E-state index in [0.717, 1.165) is 17.1 Å². The van der Waals surface area contributed by atoms with Crippen LogP contribution in [-0.2, 0) is 0 Å². The Kier molecular flexibility index (Phi) is 3.12. The lowest BCUT2D eigenvalue weighted by atomic mass is 10.2. The average molecular weight is 290 g/mol. The van der Waals surface area contributed by atoms with Crippen molar-refractivity contribution in [2.24, 2.45) is 0 Å². The summed E-state index contributed by atoms with van der Waals surface area (Å²) in [6.45, 7) is 0. The summed E-state index contributed by atoms with van der Waals surface area (Å²) < 4.78 is 12.9. The average Bonchev–Trinajstić information content (AvgIpc) is 2.85. The summed E-state index contributed by atoms with van der Waals surface area (Å²) in [6.07, 6.45) is 3.30. The zero-order chi connectivity index (χ0) is 14.1. The van der Waals surface area contributed by atoms with Gasteiger partial charge in [0.15, 0.2) is 0 Å². The van der Waals surface area contributed by atoms with Gasteiger partial charge in [-0.25, -0.2) is 9.37 Å². The van der Waals surface area contributed by atoms with E-state index < -0.39 is 11.7 Å². The monoisotopic (exact) mass is 289 g/mol. The number of amides is 1. The number of fused-ring (bicyclic) bond motifs is 1. The molecule has 0 saturated carbocycles. The molecule has 0 unspecified atom stereocenters. The molecule has 1 amide bonds. The first-order valence-corrected chi connectivity index (χ1v) is 6.21. The molecule has 0 spiro atoms. The maximum Gasteiger partial charge on any atom is 0.257 e. The van der Waals surface area contributed by atoms with Crippen molar-refractivity contribution >= 4 is 34.2 Å². The van der Waals surface area contributed by atoms with Gasteiger partial charge in [0.1, 0.15) is 11.5 Å². The molecule has 3 rings (SSSR count). The Bertz CT molecular complexity index is 800. The second-order valence-electron chi connectivity index (χ2n) is 4.22. The number of halogens is 2. The Hall–Kier alpha value is -2.40. The fraction of sp³-hybridized carbons (Fsp3) is 0. The molecule has 0 saturated heterocycles. The number of rotatable bonds is 2. The number of H-pyrrole nitrogens is 1. The second kappa shape index (κ2) is 4.94. The van der Waals surface area contributed by atoms with Gasteiger partial charge in [-0.15, -0.1) is 0 Å². The molecule has 2 N–H and O–H groups in total. The van der Waals surface area contributed by atoms with Crippen molar-refractivity contribution in [2.45, 2.75) is 0 Å². The van der Waals surface area contributed by atoms with E-state index in [4.69, 9.17) is 11.6 Å². The van der Waals surface area contributed by atoms with E-state index in [1.807, 2.05) is 6.07 Å². The van der Waals surface area contributed by atoms with Crippen molar-refractivity contribution in [2.75, 3.05) is 5.32 Å². The zero-order valence-electron chi connectivity index (χ0n) is 10.2. The largest absolute Gasteiger partial charge is 0.346 e. The Labute approximate surface area is 118 Å². The maximum atomic E-state index is 12.9. The van der Waals surface area contributed by atoms with Gasteiger partial charge in [-0.1, -0.05) is 11.6 Å². The molecule has 3 aromatic rings. The van der Waals surface area contributed by atoms with Crippen LogP contribution in [0.2, 0.25) is 5.02 Å². The van der Waals surface area contributed by atoms with Crippen molar-refractivity contribution in [3.05, 3.63) is 59.1 Å². The van der Waals surface area contributed by atoms with Crippen molar-refractivity contribution in [1.29, 1.82) is 0 Å². The molecule has 1 aromatic carbocycles. The van der Waals surface area contributed by atoms with Crippen molar-refractivity contribution < 1.29 is 9.18 Å². The number of benzene rings is 1. The van der Waals surface area contributed by atoms with Gasteiger partial charge in [0, 0.05) is 11.6 Å². The minimum atomic E-state index is -0.484. The topological polar surface area (TPSA) is 57.8 Å². The molecule has 6 heteroatoms. The quantitative estimate of drug-likeness (QED) is 0.757. The fourth-order valence-corrected chi connectivity index (χ4v) is 2.13. The minimum absolute atomic E-state index is 0.0678. The Morgan fingerprint density at radius 1 is 1.30 bits per heavy atom. The van der Waals surface area contributed by atoms with Crippen LogP contribution in [0.3, 0.4) is 0 Å². The molecule has 0 aliphatic rings. The fourth-order valence-electron chi connectivity index (χ4n) is 1.88. The molecule has 0 aliphatic heterocycles. The molecule has 2 heterocycles.